The Hall–Kier alpha value is -8.61. The molecule has 14 heteroatoms. The molecule has 0 aliphatic carbocycles. The SMILES string of the molecule is Bc1c(B)c(O)c(B)c(-c2ccc(-c3c(B)c(B)c(B)c(C)c3B)c(-n3c4ccccc4c4ccc5c6ccccc6n(-c6nc(-c7ccccc7)nc(-c7ccc(-c8ccccc8)c8ccccc78)n6)c5c43)c2)c1B. The summed E-state index contributed by atoms with van der Waals surface area (Å²) >= 11 is 0. The minimum atomic E-state index is 0.343. The molecule has 1 N–H and O–H groups in total. The summed E-state index contributed by atoms with van der Waals surface area (Å²) < 4.78 is 4.79. The first-order valence-corrected chi connectivity index (χ1v) is 26.3. The molecule has 0 fully saturated rings. The monoisotopic (exact) mass is 967 g/mol. The van der Waals surface area contributed by atoms with Crippen molar-refractivity contribution < 1.29 is 5.11 Å². The standard InChI is InChI=1S/C62H49B8N5O/c1-31-49(63)48(52(66)54(68)50(31)64)43-25-24-34(47-51(65)55(69)56(70)59(76)53(47)67)30-46(43)74-44-22-12-10-20-38(44)40-27-28-41-39-21-11-13-23-45(39)75(58(41)57(40)74)62-72-60(33-16-6-3-7-17-33)71-61(73-62)42-29-26-35(32-14-4-2-5-15-32)36-18-8-9-19-37(36)42/h2-30,76H,63-70H2,1H3. The van der Waals surface area contributed by atoms with Crippen molar-refractivity contribution in [2.45, 2.75) is 6.92 Å². The summed E-state index contributed by atoms with van der Waals surface area (Å²) in [6.45, 7) is 2.26. The van der Waals surface area contributed by atoms with Gasteiger partial charge in [-0.2, -0.15) is 9.97 Å². The fraction of sp³-hybridized carbons (Fsp3) is 0.0161. The summed E-state index contributed by atoms with van der Waals surface area (Å²) in [7, 11) is 17.4. The molecular formula is C62H49B8N5O. The Morgan fingerprint density at radius 2 is 0.855 bits per heavy atom. The van der Waals surface area contributed by atoms with Gasteiger partial charge in [-0.1, -0.05) is 190 Å². The highest BCUT2D eigenvalue weighted by Crippen LogP contribution is 2.44. The maximum atomic E-state index is 11.7. The average Bonchev–Trinajstić information content (AvgIpc) is 4.14. The lowest BCUT2D eigenvalue weighted by Gasteiger charge is -2.25. The number of hydrogen-bond donors (Lipinski definition) is 1. The van der Waals surface area contributed by atoms with Crippen LogP contribution in [0.2, 0.25) is 0 Å². The zero-order chi connectivity index (χ0) is 52.3. The van der Waals surface area contributed by atoms with E-state index < -0.39 is 0 Å². The van der Waals surface area contributed by atoms with Crippen LogP contribution in [-0.2, 0) is 0 Å². The predicted molar refractivity (Wildman–Crippen MR) is 345 cm³/mol. The Morgan fingerprint density at radius 1 is 0.355 bits per heavy atom. The van der Waals surface area contributed by atoms with Crippen molar-refractivity contribution in [1.82, 2.24) is 24.1 Å². The Morgan fingerprint density at radius 3 is 1.51 bits per heavy atom. The number of aromatic hydroxyl groups is 1. The van der Waals surface area contributed by atoms with Crippen LogP contribution in [0.15, 0.2) is 176 Å². The van der Waals surface area contributed by atoms with Crippen LogP contribution < -0.4 is 43.7 Å². The number of phenols is 1. The number of phenolic OH excluding ortho intramolecular Hbond substituents is 1. The maximum Gasteiger partial charge on any atom is 0.238 e. The van der Waals surface area contributed by atoms with Crippen LogP contribution in [-0.4, -0.2) is 92.0 Å². The molecule has 3 aromatic heterocycles. The topological polar surface area (TPSA) is 68.8 Å². The molecular weight excluding hydrogens is 917 g/mol. The largest absolute Gasteiger partial charge is 0.509 e. The van der Waals surface area contributed by atoms with E-state index in [2.05, 4.69) is 221 Å². The molecule has 0 atom stereocenters. The van der Waals surface area contributed by atoms with Gasteiger partial charge in [-0.25, -0.2) is 4.98 Å². The summed E-state index contributed by atoms with van der Waals surface area (Å²) in [5.74, 6) is 2.04. The third kappa shape index (κ3) is 7.10. The molecule has 0 saturated heterocycles. The molecule has 0 saturated carbocycles. The molecule has 0 radical (unpaired) electrons. The third-order valence-corrected chi connectivity index (χ3v) is 17.0. The van der Waals surface area contributed by atoms with E-state index in [4.69, 9.17) is 15.0 Å². The molecule has 3 heterocycles. The van der Waals surface area contributed by atoms with E-state index >= 15 is 0 Å². The van der Waals surface area contributed by atoms with Crippen LogP contribution in [0.1, 0.15) is 5.56 Å². The minimum Gasteiger partial charge on any atom is -0.509 e. The van der Waals surface area contributed by atoms with E-state index in [1.165, 1.54) is 33.0 Å². The number of aromatic nitrogens is 5. The molecule has 0 unspecified atom stereocenters. The van der Waals surface area contributed by atoms with Crippen molar-refractivity contribution in [3.05, 3.63) is 181 Å². The van der Waals surface area contributed by atoms with Crippen molar-refractivity contribution >= 4 is 161 Å². The van der Waals surface area contributed by atoms with E-state index in [0.29, 0.717) is 23.3 Å². The van der Waals surface area contributed by atoms with E-state index in [-0.39, 0.29) is 0 Å². The van der Waals surface area contributed by atoms with Crippen LogP contribution in [0.5, 0.6) is 5.75 Å². The summed E-state index contributed by atoms with van der Waals surface area (Å²) in [4.78, 5) is 16.5. The first kappa shape index (κ1) is 47.1. The lowest BCUT2D eigenvalue weighted by molar-refractivity contribution is 0.484. The second kappa shape index (κ2) is 18.1. The minimum absolute atomic E-state index is 0.343. The van der Waals surface area contributed by atoms with Crippen molar-refractivity contribution in [2.75, 3.05) is 0 Å². The molecule has 352 valence electrons. The Balaban J connectivity index is 1.18. The van der Waals surface area contributed by atoms with Gasteiger partial charge in [0.25, 0.3) is 0 Å². The van der Waals surface area contributed by atoms with Gasteiger partial charge in [0.1, 0.15) is 68.5 Å². The summed E-state index contributed by atoms with van der Waals surface area (Å²) in [5.41, 5.74) is 24.2. The second-order valence-corrected chi connectivity index (χ2v) is 20.7. The van der Waals surface area contributed by atoms with Crippen LogP contribution in [0.25, 0.3) is 122 Å². The van der Waals surface area contributed by atoms with Gasteiger partial charge in [-0.15, -0.1) is 5.46 Å². The van der Waals surface area contributed by atoms with E-state index in [9.17, 15) is 5.11 Å². The van der Waals surface area contributed by atoms with E-state index in [0.717, 1.165) is 121 Å². The lowest BCUT2D eigenvalue weighted by atomic mass is 9.63. The van der Waals surface area contributed by atoms with Gasteiger partial charge in [-0.3, -0.25) is 4.57 Å². The quantitative estimate of drug-likeness (QED) is 0.247. The van der Waals surface area contributed by atoms with Gasteiger partial charge in [0.15, 0.2) is 11.6 Å². The van der Waals surface area contributed by atoms with E-state index in [1.54, 1.807) is 0 Å². The highest BCUT2D eigenvalue weighted by Gasteiger charge is 2.27. The van der Waals surface area contributed by atoms with Crippen molar-refractivity contribution in [2.24, 2.45) is 0 Å². The number of hydrogen-bond acceptors (Lipinski definition) is 4. The molecule has 0 aliphatic heterocycles. The molecule has 13 aromatic rings. The van der Waals surface area contributed by atoms with Gasteiger partial charge in [0, 0.05) is 38.2 Å². The zero-order valence-electron chi connectivity index (χ0n) is 44.4. The van der Waals surface area contributed by atoms with Crippen molar-refractivity contribution in [3.8, 4) is 73.5 Å². The fourth-order valence-corrected chi connectivity index (χ4v) is 12.4. The summed E-state index contributed by atoms with van der Waals surface area (Å²) in [6.07, 6.45) is 0. The lowest BCUT2D eigenvalue weighted by Crippen LogP contribution is -2.46. The van der Waals surface area contributed by atoms with Gasteiger partial charge in [0.05, 0.1) is 27.8 Å². The number of fused-ring (bicyclic) bond motifs is 8. The number of para-hydroxylation sites is 2. The van der Waals surface area contributed by atoms with Crippen molar-refractivity contribution in [1.29, 1.82) is 0 Å². The molecule has 6 nitrogen and oxygen atoms in total. The van der Waals surface area contributed by atoms with Crippen LogP contribution >= 0.6 is 0 Å². The fourth-order valence-electron chi connectivity index (χ4n) is 12.4. The Labute approximate surface area is 449 Å². The first-order valence-electron chi connectivity index (χ1n) is 26.3. The number of rotatable bonds is 7. The molecule has 0 aliphatic rings. The number of nitrogens with zero attached hydrogens (tertiary/aromatic N) is 5. The first-order chi connectivity index (χ1) is 36.9. The normalized spacial score (nSPS) is 11.7. The molecule has 10 aromatic carbocycles. The Bertz CT molecular complexity index is 4540. The molecule has 0 bridgehead atoms. The second-order valence-electron chi connectivity index (χ2n) is 20.7. The third-order valence-electron chi connectivity index (χ3n) is 17.0. The molecule has 13 rings (SSSR count). The van der Waals surface area contributed by atoms with Gasteiger partial charge in [0.2, 0.25) is 5.95 Å². The number of benzene rings is 10. The predicted octanol–water partition coefficient (Wildman–Crippen LogP) is 1.64. The maximum absolute atomic E-state index is 11.7. The van der Waals surface area contributed by atoms with E-state index in [1.807, 2.05) is 33.9 Å². The van der Waals surface area contributed by atoms with Gasteiger partial charge in [-0.05, 0) is 75.2 Å². The summed E-state index contributed by atoms with van der Waals surface area (Å²) in [5, 5.41) is 18.3. The highest BCUT2D eigenvalue weighted by molar-refractivity contribution is 6.63. The molecule has 76 heavy (non-hydrogen) atoms. The molecule has 0 spiro atoms. The van der Waals surface area contributed by atoms with Gasteiger partial charge >= 0.3 is 0 Å². The zero-order valence-corrected chi connectivity index (χ0v) is 44.4. The highest BCUT2D eigenvalue weighted by atomic mass is 16.3. The van der Waals surface area contributed by atoms with Crippen LogP contribution in [0, 0.1) is 6.92 Å². The molecule has 0 amide bonds. The van der Waals surface area contributed by atoms with Crippen LogP contribution in [0.4, 0.5) is 0 Å². The smallest absolute Gasteiger partial charge is 0.238 e. The Kier molecular flexibility index (Phi) is 11.2. The summed E-state index contributed by atoms with van der Waals surface area (Å²) in [6, 6.07) is 62.8. The van der Waals surface area contributed by atoms with Gasteiger partial charge < -0.3 is 9.67 Å². The average molecular weight is 967 g/mol. The van der Waals surface area contributed by atoms with Crippen LogP contribution in [0.3, 0.4) is 0 Å². The van der Waals surface area contributed by atoms with Crippen molar-refractivity contribution in [3.63, 3.8) is 0 Å².